The molecule has 2 heterocycles. The number of carbonyl (C=O) groups is 1. The van der Waals surface area contributed by atoms with E-state index in [1.807, 2.05) is 89.8 Å². The van der Waals surface area contributed by atoms with Gasteiger partial charge in [-0.1, -0.05) is 60.7 Å². The predicted molar refractivity (Wildman–Crippen MR) is 129 cm³/mol. The number of nitrogens with zero attached hydrogens (tertiary/aromatic N) is 2. The molecule has 1 saturated heterocycles. The van der Waals surface area contributed by atoms with Crippen LogP contribution in [0, 0.1) is 0 Å². The Hall–Kier alpha value is -3.90. The van der Waals surface area contributed by atoms with Crippen LogP contribution in [-0.4, -0.2) is 47.1 Å². The summed E-state index contributed by atoms with van der Waals surface area (Å²) in [5.74, 6) is 1.19. The van der Waals surface area contributed by atoms with Gasteiger partial charge in [-0.2, -0.15) is 0 Å². The molecule has 1 amide bonds. The fourth-order valence-corrected chi connectivity index (χ4v) is 3.87. The van der Waals surface area contributed by atoms with Gasteiger partial charge in [0.1, 0.15) is 18.2 Å². The molecule has 4 aromatic rings. The lowest BCUT2D eigenvalue weighted by molar-refractivity contribution is -0.128. The highest BCUT2D eigenvalue weighted by Crippen LogP contribution is 2.27. The molecule has 0 radical (unpaired) electrons. The summed E-state index contributed by atoms with van der Waals surface area (Å²) in [6.07, 6.45) is 1.87. The zero-order chi connectivity index (χ0) is 22.5. The molecule has 33 heavy (non-hydrogen) atoms. The van der Waals surface area contributed by atoms with Crippen molar-refractivity contribution in [3.63, 3.8) is 0 Å². The molecule has 1 fully saturated rings. The number of fused-ring (bicyclic) bond motifs is 1. The van der Waals surface area contributed by atoms with Crippen molar-refractivity contribution in [3.8, 4) is 5.75 Å². The maximum absolute atomic E-state index is 13.6. The average molecular weight is 440 g/mol. The van der Waals surface area contributed by atoms with Crippen molar-refractivity contribution in [2.75, 3.05) is 26.3 Å². The maximum atomic E-state index is 13.6. The first-order valence-corrected chi connectivity index (χ1v) is 11.1. The van der Waals surface area contributed by atoms with Gasteiger partial charge in [0.15, 0.2) is 0 Å². The van der Waals surface area contributed by atoms with Gasteiger partial charge in [-0.15, -0.1) is 0 Å². The van der Waals surface area contributed by atoms with Crippen LogP contribution in [0.5, 0.6) is 5.75 Å². The van der Waals surface area contributed by atoms with E-state index in [9.17, 15) is 4.79 Å². The molecule has 0 unspecified atom stereocenters. The zero-order valence-corrected chi connectivity index (χ0v) is 18.2. The molecular weight excluding hydrogens is 414 g/mol. The highest BCUT2D eigenvalue weighted by molar-refractivity contribution is 6.23. The summed E-state index contributed by atoms with van der Waals surface area (Å²) < 4.78 is 11.6. The van der Waals surface area contributed by atoms with Gasteiger partial charge >= 0.3 is 0 Å². The van der Waals surface area contributed by atoms with Crippen molar-refractivity contribution in [1.29, 1.82) is 0 Å². The Bertz CT molecular complexity index is 1240. The number of hydrogen-bond acceptors (Lipinski definition) is 4. The third-order valence-corrected chi connectivity index (χ3v) is 5.63. The van der Waals surface area contributed by atoms with Gasteiger partial charge in [-0.25, -0.2) is 4.98 Å². The molecule has 1 N–H and O–H groups in total. The Labute approximate surface area is 192 Å². The van der Waals surface area contributed by atoms with Gasteiger partial charge in [0.25, 0.3) is 5.91 Å². The summed E-state index contributed by atoms with van der Waals surface area (Å²) in [6.45, 7) is 2.64. The molecule has 0 atom stereocenters. The molecule has 3 aromatic carbocycles. The van der Waals surface area contributed by atoms with E-state index in [0.29, 0.717) is 50.1 Å². The number of H-pyrrole nitrogens is 1. The Morgan fingerprint density at radius 2 is 1.70 bits per heavy atom. The summed E-state index contributed by atoms with van der Waals surface area (Å²) in [5.41, 5.74) is 4.12. The first-order chi connectivity index (χ1) is 16.3. The van der Waals surface area contributed by atoms with Crippen LogP contribution in [0.1, 0.15) is 17.0 Å². The van der Waals surface area contributed by atoms with Crippen molar-refractivity contribution >= 4 is 28.6 Å². The standard InChI is InChI=1S/C27H25N3O3/c31-27(30-14-16-32-17-15-30)22(26-28-23-11-5-6-12-24(23)29-26)18-21-10-4-7-13-25(21)33-19-20-8-2-1-3-9-20/h1-13,18H,14-17,19H2,(H,28,29). The van der Waals surface area contributed by atoms with Crippen LogP contribution in [0.2, 0.25) is 0 Å². The number of rotatable bonds is 6. The molecule has 1 aromatic heterocycles. The van der Waals surface area contributed by atoms with Crippen LogP contribution in [-0.2, 0) is 16.1 Å². The highest BCUT2D eigenvalue weighted by atomic mass is 16.5. The molecule has 6 nitrogen and oxygen atoms in total. The number of carbonyl (C=O) groups excluding carboxylic acids is 1. The largest absolute Gasteiger partial charge is 0.488 e. The molecule has 0 bridgehead atoms. The number of amides is 1. The first-order valence-electron chi connectivity index (χ1n) is 11.1. The number of ether oxygens (including phenoxy) is 2. The van der Waals surface area contributed by atoms with Crippen molar-refractivity contribution in [1.82, 2.24) is 14.9 Å². The van der Waals surface area contributed by atoms with E-state index in [2.05, 4.69) is 4.98 Å². The van der Waals surface area contributed by atoms with Crippen LogP contribution < -0.4 is 4.74 Å². The van der Waals surface area contributed by atoms with E-state index in [1.165, 1.54) is 0 Å². The van der Waals surface area contributed by atoms with E-state index >= 15 is 0 Å². The van der Waals surface area contributed by atoms with Crippen molar-refractivity contribution < 1.29 is 14.3 Å². The molecule has 6 heteroatoms. The minimum absolute atomic E-state index is 0.0739. The van der Waals surface area contributed by atoms with E-state index in [1.54, 1.807) is 0 Å². The number of benzene rings is 3. The summed E-state index contributed by atoms with van der Waals surface area (Å²) >= 11 is 0. The maximum Gasteiger partial charge on any atom is 0.257 e. The van der Waals surface area contributed by atoms with Crippen molar-refractivity contribution in [2.45, 2.75) is 6.61 Å². The highest BCUT2D eigenvalue weighted by Gasteiger charge is 2.24. The molecule has 0 spiro atoms. The van der Waals surface area contributed by atoms with Crippen molar-refractivity contribution in [3.05, 3.63) is 95.8 Å². The smallest absolute Gasteiger partial charge is 0.257 e. The minimum atomic E-state index is -0.0739. The monoisotopic (exact) mass is 439 g/mol. The van der Waals surface area contributed by atoms with Gasteiger partial charge in [0.05, 0.1) is 29.8 Å². The summed E-state index contributed by atoms with van der Waals surface area (Å²) in [4.78, 5) is 23.4. The lowest BCUT2D eigenvalue weighted by Gasteiger charge is -2.27. The first kappa shape index (κ1) is 21.0. The molecule has 0 aliphatic carbocycles. The second-order valence-corrected chi connectivity index (χ2v) is 7.88. The van der Waals surface area contributed by atoms with Crippen LogP contribution in [0.3, 0.4) is 0 Å². The molecule has 1 aliphatic heterocycles. The molecule has 166 valence electrons. The average Bonchev–Trinajstić information content (AvgIpc) is 3.31. The predicted octanol–water partition coefficient (Wildman–Crippen LogP) is 4.54. The topological polar surface area (TPSA) is 67.5 Å². The lowest BCUT2D eigenvalue weighted by Crippen LogP contribution is -2.41. The molecular formula is C27H25N3O3. The Morgan fingerprint density at radius 3 is 2.52 bits per heavy atom. The molecule has 5 rings (SSSR count). The second kappa shape index (κ2) is 9.71. The van der Waals surface area contributed by atoms with E-state index < -0.39 is 0 Å². The zero-order valence-electron chi connectivity index (χ0n) is 18.2. The van der Waals surface area contributed by atoms with Crippen LogP contribution >= 0.6 is 0 Å². The van der Waals surface area contributed by atoms with Gasteiger partial charge in [0, 0.05) is 18.7 Å². The molecule has 0 saturated carbocycles. The normalized spacial score (nSPS) is 14.4. The fraction of sp³-hybridized carbons (Fsp3) is 0.185. The Balaban J connectivity index is 1.52. The van der Waals surface area contributed by atoms with Gasteiger partial charge in [-0.3, -0.25) is 4.79 Å². The summed E-state index contributed by atoms with van der Waals surface area (Å²) in [6, 6.07) is 25.5. The van der Waals surface area contributed by atoms with Crippen LogP contribution in [0.4, 0.5) is 0 Å². The van der Waals surface area contributed by atoms with E-state index in [-0.39, 0.29) is 5.91 Å². The number of imidazole rings is 1. The number of aromatic nitrogens is 2. The minimum Gasteiger partial charge on any atom is -0.488 e. The van der Waals surface area contributed by atoms with E-state index in [4.69, 9.17) is 14.5 Å². The SMILES string of the molecule is O=C(C(=Cc1ccccc1OCc1ccccc1)c1nc2ccccc2[nH]1)N1CCOCC1. The summed E-state index contributed by atoms with van der Waals surface area (Å²) in [7, 11) is 0. The van der Waals surface area contributed by atoms with Gasteiger partial charge < -0.3 is 19.4 Å². The van der Waals surface area contributed by atoms with Crippen molar-refractivity contribution in [2.24, 2.45) is 0 Å². The Kier molecular flexibility index (Phi) is 6.17. The third-order valence-electron chi connectivity index (χ3n) is 5.63. The number of para-hydroxylation sites is 3. The van der Waals surface area contributed by atoms with E-state index in [0.717, 1.165) is 22.2 Å². The van der Waals surface area contributed by atoms with Gasteiger partial charge in [0.2, 0.25) is 0 Å². The van der Waals surface area contributed by atoms with Crippen LogP contribution in [0.15, 0.2) is 78.9 Å². The fourth-order valence-electron chi connectivity index (χ4n) is 3.87. The molecule has 1 aliphatic rings. The lowest BCUT2D eigenvalue weighted by atomic mass is 10.1. The number of morpholine rings is 1. The number of hydrogen-bond donors (Lipinski definition) is 1. The van der Waals surface area contributed by atoms with Crippen LogP contribution in [0.25, 0.3) is 22.7 Å². The summed E-state index contributed by atoms with van der Waals surface area (Å²) in [5, 5.41) is 0. The van der Waals surface area contributed by atoms with Gasteiger partial charge in [-0.05, 0) is 29.8 Å². The third kappa shape index (κ3) is 4.81. The number of nitrogens with one attached hydrogen (secondary N) is 1. The second-order valence-electron chi connectivity index (χ2n) is 7.88. The number of aromatic amines is 1. The Morgan fingerprint density at radius 1 is 0.970 bits per heavy atom. The quantitative estimate of drug-likeness (QED) is 0.448.